The van der Waals surface area contributed by atoms with E-state index < -0.39 is 36.0 Å². The molecule has 3 aromatic carbocycles. The molecule has 1 amide bonds. The minimum Gasteiger partial charge on any atom is -0.312 e. The Kier molecular flexibility index (Phi) is 6.57. The van der Waals surface area contributed by atoms with E-state index in [1.54, 1.807) is 36.4 Å². The van der Waals surface area contributed by atoms with Crippen molar-refractivity contribution in [3.05, 3.63) is 77.9 Å². The molecule has 0 spiro atoms. The van der Waals surface area contributed by atoms with E-state index in [-0.39, 0.29) is 24.2 Å². The first-order chi connectivity index (χ1) is 14.9. The van der Waals surface area contributed by atoms with Gasteiger partial charge < -0.3 is 4.90 Å². The van der Waals surface area contributed by atoms with Gasteiger partial charge in [-0.25, -0.2) is 0 Å². The molecule has 0 saturated heterocycles. The highest BCUT2D eigenvalue weighted by Gasteiger charge is 2.40. The molecule has 0 bridgehead atoms. The lowest BCUT2D eigenvalue weighted by molar-refractivity contribution is -0.171. The Bertz CT molecular complexity index is 1140. The number of benzene rings is 3. The van der Waals surface area contributed by atoms with E-state index >= 15 is 0 Å². The van der Waals surface area contributed by atoms with E-state index in [2.05, 4.69) is 0 Å². The average molecular weight is 453 g/mol. The monoisotopic (exact) mass is 453 g/mol. The Balaban J connectivity index is 1.89. The van der Waals surface area contributed by atoms with Crippen LogP contribution in [0.1, 0.15) is 17.5 Å². The maximum Gasteiger partial charge on any atom is 0.450 e. The highest BCUT2D eigenvalue weighted by Crippen LogP contribution is 2.30. The zero-order valence-corrected chi connectivity index (χ0v) is 16.5. The van der Waals surface area contributed by atoms with Crippen LogP contribution in [0.3, 0.4) is 0 Å². The molecule has 168 valence electrons. The summed E-state index contributed by atoms with van der Waals surface area (Å²) < 4.78 is 76.9. The predicted octanol–water partition coefficient (Wildman–Crippen LogP) is 5.96. The van der Waals surface area contributed by atoms with E-state index in [0.29, 0.717) is 5.39 Å². The predicted molar refractivity (Wildman–Crippen MR) is 107 cm³/mol. The Hall–Kier alpha value is -3.36. The van der Waals surface area contributed by atoms with Gasteiger partial charge in [-0.3, -0.25) is 9.59 Å². The van der Waals surface area contributed by atoms with Crippen LogP contribution in [-0.2, 0) is 22.2 Å². The van der Waals surface area contributed by atoms with E-state index in [9.17, 15) is 35.9 Å². The van der Waals surface area contributed by atoms with Crippen LogP contribution in [0.25, 0.3) is 10.8 Å². The molecule has 0 radical (unpaired) electrons. The number of hydrogen-bond donors (Lipinski definition) is 0. The number of fused-ring (bicyclic) bond motifs is 1. The van der Waals surface area contributed by atoms with Gasteiger partial charge in [-0.1, -0.05) is 48.5 Å². The van der Waals surface area contributed by atoms with Crippen LogP contribution in [-0.4, -0.2) is 24.4 Å². The zero-order valence-electron chi connectivity index (χ0n) is 16.5. The van der Waals surface area contributed by atoms with Gasteiger partial charge in [-0.2, -0.15) is 26.3 Å². The van der Waals surface area contributed by atoms with Gasteiger partial charge in [0, 0.05) is 12.2 Å². The highest BCUT2D eigenvalue weighted by atomic mass is 19.4. The second kappa shape index (κ2) is 9.02. The first-order valence-electron chi connectivity index (χ1n) is 9.50. The highest BCUT2D eigenvalue weighted by molar-refractivity contribution is 6.08. The average Bonchev–Trinajstić information content (AvgIpc) is 2.72. The van der Waals surface area contributed by atoms with E-state index in [4.69, 9.17) is 0 Å². The lowest BCUT2D eigenvalue weighted by atomic mass is 10.1. The van der Waals surface area contributed by atoms with E-state index in [1.165, 1.54) is 18.2 Å². The molecule has 0 fully saturated rings. The minimum atomic E-state index is -5.16. The maximum atomic E-state index is 13.0. The number of rotatable bonds is 6. The molecule has 0 aromatic heterocycles. The van der Waals surface area contributed by atoms with Crippen molar-refractivity contribution in [2.75, 3.05) is 11.4 Å². The number of Topliss-reactive ketones (excluding diaryl/α,β-unsaturated/α-hetero) is 1. The fourth-order valence-electron chi connectivity index (χ4n) is 3.22. The molecule has 0 aliphatic rings. The number of amides is 1. The summed E-state index contributed by atoms with van der Waals surface area (Å²) in [4.78, 5) is 25.0. The third kappa shape index (κ3) is 5.66. The fourth-order valence-corrected chi connectivity index (χ4v) is 3.22. The van der Waals surface area contributed by atoms with Crippen molar-refractivity contribution in [3.8, 4) is 0 Å². The van der Waals surface area contributed by atoms with E-state index in [0.717, 1.165) is 22.4 Å². The number of alkyl halides is 6. The summed E-state index contributed by atoms with van der Waals surface area (Å²) in [6.07, 6.45) is -11.2. The Morgan fingerprint density at radius 3 is 2.12 bits per heavy atom. The molecule has 0 atom stereocenters. The Morgan fingerprint density at radius 1 is 0.781 bits per heavy atom. The lowest BCUT2D eigenvalue weighted by Crippen LogP contribution is -2.37. The van der Waals surface area contributed by atoms with Crippen molar-refractivity contribution in [3.63, 3.8) is 0 Å². The van der Waals surface area contributed by atoms with E-state index in [1.807, 2.05) is 0 Å². The van der Waals surface area contributed by atoms with Crippen molar-refractivity contribution >= 4 is 28.2 Å². The van der Waals surface area contributed by atoms with Crippen LogP contribution >= 0.6 is 0 Å². The third-order valence-electron chi connectivity index (χ3n) is 4.85. The van der Waals surface area contributed by atoms with Gasteiger partial charge in [0.1, 0.15) is 0 Å². The summed E-state index contributed by atoms with van der Waals surface area (Å²) in [7, 11) is 0. The topological polar surface area (TPSA) is 37.4 Å². The molecule has 0 aliphatic carbocycles. The van der Waals surface area contributed by atoms with Gasteiger partial charge in [0.15, 0.2) is 0 Å². The van der Waals surface area contributed by atoms with Crippen molar-refractivity contribution in [2.45, 2.75) is 25.2 Å². The first kappa shape index (κ1) is 23.3. The standard InChI is InChI=1S/C23H17F6NO2/c24-22(25,26)18-7-3-4-15(12-18)10-11-30(21(32)14-20(31)23(27,28)29)19-9-8-16-5-1-2-6-17(16)13-19/h1-9,12-13H,10-11,14H2. The summed E-state index contributed by atoms with van der Waals surface area (Å²) in [5.41, 5.74) is -0.373. The molecule has 9 heteroatoms. The van der Waals surface area contributed by atoms with Crippen LogP contribution in [0.15, 0.2) is 66.7 Å². The SMILES string of the molecule is O=C(CC(=O)C(F)(F)F)N(CCc1cccc(C(F)(F)F)c1)c1ccc2ccccc2c1. The maximum absolute atomic E-state index is 13.0. The Labute approximate surface area is 179 Å². The number of nitrogens with zero attached hydrogens (tertiary/aromatic N) is 1. The molecular formula is C23H17F6NO2. The van der Waals surface area contributed by atoms with Gasteiger partial charge >= 0.3 is 12.4 Å². The van der Waals surface area contributed by atoms with Gasteiger partial charge in [-0.05, 0) is 41.0 Å². The lowest BCUT2D eigenvalue weighted by Gasteiger charge is -2.24. The molecular weight excluding hydrogens is 436 g/mol. The van der Waals surface area contributed by atoms with Crippen LogP contribution in [0.2, 0.25) is 0 Å². The number of carbonyl (C=O) groups excluding carboxylic acids is 2. The first-order valence-corrected chi connectivity index (χ1v) is 9.50. The fraction of sp³-hybridized carbons (Fsp3) is 0.217. The van der Waals surface area contributed by atoms with Gasteiger partial charge in [0.2, 0.25) is 11.7 Å². The number of hydrogen-bond acceptors (Lipinski definition) is 2. The number of ketones is 1. The van der Waals surface area contributed by atoms with Crippen LogP contribution in [0.5, 0.6) is 0 Å². The van der Waals surface area contributed by atoms with Crippen LogP contribution in [0.4, 0.5) is 32.0 Å². The number of anilines is 1. The molecule has 0 aliphatic heterocycles. The molecule has 0 heterocycles. The van der Waals surface area contributed by atoms with Gasteiger partial charge in [0.05, 0.1) is 12.0 Å². The Morgan fingerprint density at radius 2 is 1.47 bits per heavy atom. The molecule has 0 N–H and O–H groups in total. The van der Waals surface area contributed by atoms with Crippen LogP contribution in [0, 0.1) is 0 Å². The third-order valence-corrected chi connectivity index (χ3v) is 4.85. The number of carbonyl (C=O) groups is 2. The summed E-state index contributed by atoms with van der Waals surface area (Å²) in [5.74, 6) is -3.28. The number of halogens is 6. The van der Waals surface area contributed by atoms with Crippen LogP contribution < -0.4 is 4.90 Å². The zero-order chi connectivity index (χ0) is 23.5. The summed E-state index contributed by atoms with van der Waals surface area (Å²) in [5, 5.41) is 1.54. The molecule has 3 nitrogen and oxygen atoms in total. The summed E-state index contributed by atoms with van der Waals surface area (Å²) in [6, 6.07) is 16.3. The molecule has 0 saturated carbocycles. The molecule has 3 aromatic rings. The van der Waals surface area contributed by atoms with Gasteiger partial charge in [0.25, 0.3) is 0 Å². The van der Waals surface area contributed by atoms with Crippen molar-refractivity contribution in [1.82, 2.24) is 0 Å². The van der Waals surface area contributed by atoms with Crippen molar-refractivity contribution < 1.29 is 35.9 Å². The quantitative estimate of drug-likeness (QED) is 0.341. The largest absolute Gasteiger partial charge is 0.450 e. The van der Waals surface area contributed by atoms with Crippen molar-refractivity contribution in [1.29, 1.82) is 0 Å². The smallest absolute Gasteiger partial charge is 0.312 e. The second-order valence-corrected chi connectivity index (χ2v) is 7.12. The summed E-state index contributed by atoms with van der Waals surface area (Å²) in [6.45, 7) is -0.205. The normalized spacial score (nSPS) is 12.1. The molecule has 0 unspecified atom stereocenters. The molecule has 3 rings (SSSR count). The molecule has 32 heavy (non-hydrogen) atoms. The summed E-state index contributed by atoms with van der Waals surface area (Å²) >= 11 is 0. The van der Waals surface area contributed by atoms with Gasteiger partial charge in [-0.15, -0.1) is 0 Å². The minimum absolute atomic E-state index is 0.0529. The second-order valence-electron chi connectivity index (χ2n) is 7.12. The van der Waals surface area contributed by atoms with Crippen molar-refractivity contribution in [2.24, 2.45) is 0 Å².